The molecule has 0 atom stereocenters. The number of hydrogen-bond donors (Lipinski definition) is 1. The first-order chi connectivity index (χ1) is 9.49. The second-order valence-corrected chi connectivity index (χ2v) is 6.09. The van der Waals surface area contributed by atoms with Gasteiger partial charge in [0.25, 0.3) is 0 Å². The van der Waals surface area contributed by atoms with Crippen LogP contribution in [0.3, 0.4) is 0 Å². The molecule has 2 aromatic rings. The molecule has 0 spiro atoms. The maximum Gasteiger partial charge on any atom is 0.120 e. The number of hydrogen-bond acceptors (Lipinski definition) is 2. The number of nitrogens with two attached hydrogens (primary N) is 1. The Balaban J connectivity index is 2.07. The van der Waals surface area contributed by atoms with Gasteiger partial charge in [-0.2, -0.15) is 0 Å². The third-order valence-corrected chi connectivity index (χ3v) is 3.33. The first-order valence-electron chi connectivity index (χ1n) is 7.00. The van der Waals surface area contributed by atoms with Crippen molar-refractivity contribution in [1.82, 2.24) is 0 Å². The second kappa shape index (κ2) is 6.10. The van der Waals surface area contributed by atoms with E-state index in [0.717, 1.165) is 16.9 Å². The van der Waals surface area contributed by atoms with Gasteiger partial charge in [0, 0.05) is 6.54 Å². The van der Waals surface area contributed by atoms with Crippen LogP contribution in [0.5, 0.6) is 5.75 Å². The van der Waals surface area contributed by atoms with Crippen LogP contribution in [0.15, 0.2) is 48.5 Å². The Hall–Kier alpha value is -1.80. The van der Waals surface area contributed by atoms with Gasteiger partial charge < -0.3 is 10.5 Å². The normalized spacial score (nSPS) is 11.4. The van der Waals surface area contributed by atoms with Gasteiger partial charge >= 0.3 is 0 Å². The molecule has 0 aliphatic heterocycles. The molecule has 0 radical (unpaired) electrons. The second-order valence-electron chi connectivity index (χ2n) is 6.09. The predicted molar refractivity (Wildman–Crippen MR) is 83.8 cm³/mol. The summed E-state index contributed by atoms with van der Waals surface area (Å²) in [5.74, 6) is 0.913. The maximum atomic E-state index is 5.89. The average molecular weight is 269 g/mol. The number of rotatable bonds is 4. The molecule has 0 aliphatic rings. The van der Waals surface area contributed by atoms with Gasteiger partial charge in [-0.25, -0.2) is 0 Å². The summed E-state index contributed by atoms with van der Waals surface area (Å²) < 4.78 is 5.89. The average Bonchev–Trinajstić information content (AvgIpc) is 2.45. The van der Waals surface area contributed by atoms with E-state index < -0.39 is 0 Å². The van der Waals surface area contributed by atoms with Crippen LogP contribution in [0.4, 0.5) is 0 Å². The minimum atomic E-state index is 0.138. The molecule has 2 N–H and O–H groups in total. The van der Waals surface area contributed by atoms with Crippen LogP contribution in [-0.4, -0.2) is 0 Å². The van der Waals surface area contributed by atoms with Crippen LogP contribution >= 0.6 is 0 Å². The highest BCUT2D eigenvalue weighted by Gasteiger charge is 2.13. The largest absolute Gasteiger partial charge is 0.489 e. The van der Waals surface area contributed by atoms with Gasteiger partial charge in [-0.1, -0.05) is 57.2 Å². The van der Waals surface area contributed by atoms with E-state index in [2.05, 4.69) is 45.0 Å². The van der Waals surface area contributed by atoms with Crippen molar-refractivity contribution >= 4 is 0 Å². The molecule has 2 nitrogen and oxygen atoms in total. The van der Waals surface area contributed by atoms with Crippen molar-refractivity contribution in [3.05, 3.63) is 65.2 Å². The van der Waals surface area contributed by atoms with Crippen molar-refractivity contribution in [2.24, 2.45) is 5.73 Å². The lowest BCUT2D eigenvalue weighted by Gasteiger charge is -2.19. The Bertz CT molecular complexity index is 570. The minimum absolute atomic E-state index is 0.138. The summed E-state index contributed by atoms with van der Waals surface area (Å²) in [6, 6.07) is 16.5. The molecule has 2 aromatic carbocycles. The van der Waals surface area contributed by atoms with E-state index in [1.807, 2.05) is 24.3 Å². The molecule has 0 saturated carbocycles. The molecule has 0 heterocycles. The highest BCUT2D eigenvalue weighted by molar-refractivity contribution is 5.33. The van der Waals surface area contributed by atoms with Crippen molar-refractivity contribution in [1.29, 1.82) is 0 Å². The van der Waals surface area contributed by atoms with E-state index in [1.54, 1.807) is 0 Å². The fourth-order valence-electron chi connectivity index (χ4n) is 2.07. The van der Waals surface area contributed by atoms with Crippen molar-refractivity contribution in [3.8, 4) is 5.75 Å². The zero-order valence-electron chi connectivity index (χ0n) is 12.5. The summed E-state index contributed by atoms with van der Waals surface area (Å²) in [4.78, 5) is 0. The molecule has 20 heavy (non-hydrogen) atoms. The monoisotopic (exact) mass is 269 g/mol. The van der Waals surface area contributed by atoms with Crippen molar-refractivity contribution in [2.45, 2.75) is 39.3 Å². The Morgan fingerprint density at radius 3 is 2.35 bits per heavy atom. The highest BCUT2D eigenvalue weighted by atomic mass is 16.5. The van der Waals surface area contributed by atoms with E-state index in [-0.39, 0.29) is 5.41 Å². The molecule has 2 rings (SSSR count). The van der Waals surface area contributed by atoms with Gasteiger partial charge in [0.15, 0.2) is 0 Å². The van der Waals surface area contributed by atoms with Crippen LogP contribution in [-0.2, 0) is 18.6 Å². The van der Waals surface area contributed by atoms with E-state index >= 15 is 0 Å². The smallest absolute Gasteiger partial charge is 0.120 e. The quantitative estimate of drug-likeness (QED) is 0.909. The predicted octanol–water partition coefficient (Wildman–Crippen LogP) is 4.02. The SMILES string of the molecule is CC(C)(C)c1cccc(OCc2cccc(CN)c2)c1. The molecule has 0 saturated heterocycles. The van der Waals surface area contributed by atoms with E-state index in [9.17, 15) is 0 Å². The molecule has 0 unspecified atom stereocenters. The third kappa shape index (κ3) is 3.84. The Morgan fingerprint density at radius 1 is 0.950 bits per heavy atom. The lowest BCUT2D eigenvalue weighted by Crippen LogP contribution is -2.11. The van der Waals surface area contributed by atoms with E-state index in [0.29, 0.717) is 13.2 Å². The standard InChI is InChI=1S/C18H23NO/c1-18(2,3)16-8-5-9-17(11-16)20-13-15-7-4-6-14(10-15)12-19/h4-11H,12-13,19H2,1-3H3. The molecule has 2 heteroatoms. The molecule has 0 bridgehead atoms. The van der Waals surface area contributed by atoms with Gasteiger partial charge in [0.2, 0.25) is 0 Å². The molecule has 0 aromatic heterocycles. The molecular formula is C18H23NO. The van der Waals surface area contributed by atoms with Crippen LogP contribution in [0.25, 0.3) is 0 Å². The summed E-state index contributed by atoms with van der Waals surface area (Å²) in [6.07, 6.45) is 0. The van der Waals surface area contributed by atoms with Gasteiger partial charge in [0.1, 0.15) is 12.4 Å². The zero-order chi connectivity index (χ0) is 14.6. The van der Waals surface area contributed by atoms with Crippen molar-refractivity contribution in [2.75, 3.05) is 0 Å². The first kappa shape index (κ1) is 14.6. The topological polar surface area (TPSA) is 35.2 Å². The van der Waals surface area contributed by atoms with Gasteiger partial charge in [-0.05, 0) is 34.2 Å². The fraction of sp³-hybridized carbons (Fsp3) is 0.333. The Morgan fingerprint density at radius 2 is 1.65 bits per heavy atom. The zero-order valence-corrected chi connectivity index (χ0v) is 12.5. The van der Waals surface area contributed by atoms with Gasteiger partial charge in [-0.3, -0.25) is 0 Å². The summed E-state index contributed by atoms with van der Waals surface area (Å²) in [7, 11) is 0. The third-order valence-electron chi connectivity index (χ3n) is 3.33. The molecule has 0 aliphatic carbocycles. The van der Waals surface area contributed by atoms with E-state index in [1.165, 1.54) is 5.56 Å². The molecule has 0 fully saturated rings. The minimum Gasteiger partial charge on any atom is -0.489 e. The van der Waals surface area contributed by atoms with Crippen LogP contribution < -0.4 is 10.5 Å². The lowest BCUT2D eigenvalue weighted by atomic mass is 9.87. The van der Waals surface area contributed by atoms with Crippen LogP contribution in [0, 0.1) is 0 Å². The molecular weight excluding hydrogens is 246 g/mol. The van der Waals surface area contributed by atoms with Crippen molar-refractivity contribution in [3.63, 3.8) is 0 Å². The summed E-state index contributed by atoms with van der Waals surface area (Å²) in [5.41, 5.74) is 9.35. The van der Waals surface area contributed by atoms with E-state index in [4.69, 9.17) is 10.5 Å². The Labute approximate surface area is 121 Å². The maximum absolute atomic E-state index is 5.89. The van der Waals surface area contributed by atoms with Gasteiger partial charge in [-0.15, -0.1) is 0 Å². The fourth-order valence-corrected chi connectivity index (χ4v) is 2.07. The summed E-state index contributed by atoms with van der Waals surface area (Å²) in [6.45, 7) is 7.75. The highest BCUT2D eigenvalue weighted by Crippen LogP contribution is 2.26. The lowest BCUT2D eigenvalue weighted by molar-refractivity contribution is 0.305. The van der Waals surface area contributed by atoms with Crippen LogP contribution in [0.2, 0.25) is 0 Å². The Kier molecular flexibility index (Phi) is 4.46. The first-order valence-corrected chi connectivity index (χ1v) is 7.00. The molecule has 106 valence electrons. The van der Waals surface area contributed by atoms with Crippen LogP contribution in [0.1, 0.15) is 37.5 Å². The van der Waals surface area contributed by atoms with Gasteiger partial charge in [0.05, 0.1) is 0 Å². The molecule has 0 amide bonds. The summed E-state index contributed by atoms with van der Waals surface area (Å²) >= 11 is 0. The number of ether oxygens (including phenoxy) is 1. The van der Waals surface area contributed by atoms with Crippen molar-refractivity contribution < 1.29 is 4.74 Å². The number of benzene rings is 2. The summed E-state index contributed by atoms with van der Waals surface area (Å²) in [5, 5.41) is 0.